The van der Waals surface area contributed by atoms with Crippen LogP contribution < -0.4 is 4.90 Å². The molecule has 0 saturated heterocycles. The summed E-state index contributed by atoms with van der Waals surface area (Å²) >= 11 is 5.97. The number of rotatable bonds is 2. The Bertz CT molecular complexity index is 529. The number of amides is 1. The summed E-state index contributed by atoms with van der Waals surface area (Å²) in [4.78, 5) is 24.8. The normalized spacial score (nSPS) is 22.0. The number of hydrogen-bond donors (Lipinski definition) is 0. The molecule has 4 nitrogen and oxygen atoms in total. The molecule has 1 aliphatic rings. The smallest absolute Gasteiger partial charge is 0.302 e. The maximum atomic E-state index is 12.3. The Morgan fingerprint density at radius 1 is 1.50 bits per heavy atom. The molecular formula is C13H14ClNO3. The van der Waals surface area contributed by atoms with Gasteiger partial charge in [0, 0.05) is 24.7 Å². The van der Waals surface area contributed by atoms with E-state index >= 15 is 0 Å². The molecule has 0 aromatic heterocycles. The summed E-state index contributed by atoms with van der Waals surface area (Å²) in [6.07, 6.45) is 0. The van der Waals surface area contributed by atoms with Gasteiger partial charge in [0.15, 0.2) is 0 Å². The highest BCUT2D eigenvalue weighted by atomic mass is 35.5. The number of carbonyl (C=O) groups excluding carboxylic acids is 2. The standard InChI is InChI=1S/C13H14ClNO3/c1-8(16)18-7-13(2)10-6-9(14)4-5-11(10)15(3)12(13)17/h4-6H,7H2,1-3H3/t13-/m0/s1. The molecule has 0 aliphatic carbocycles. The molecule has 0 bridgehead atoms. The number of likely N-dealkylation sites (N-methyl/N-ethyl adjacent to an activating group) is 1. The maximum absolute atomic E-state index is 12.3. The van der Waals surface area contributed by atoms with Gasteiger partial charge in [-0.3, -0.25) is 9.59 Å². The van der Waals surface area contributed by atoms with Crippen molar-refractivity contribution in [3.63, 3.8) is 0 Å². The van der Waals surface area contributed by atoms with Crippen molar-refractivity contribution in [2.24, 2.45) is 0 Å². The topological polar surface area (TPSA) is 46.6 Å². The Labute approximate surface area is 110 Å². The predicted octanol–water partition coefficient (Wildman–Crippen LogP) is 2.14. The number of anilines is 1. The molecule has 1 heterocycles. The van der Waals surface area contributed by atoms with Crippen molar-refractivity contribution in [1.29, 1.82) is 0 Å². The van der Waals surface area contributed by atoms with E-state index in [4.69, 9.17) is 16.3 Å². The van der Waals surface area contributed by atoms with Gasteiger partial charge >= 0.3 is 5.97 Å². The molecule has 1 amide bonds. The van der Waals surface area contributed by atoms with Crippen LogP contribution in [0.3, 0.4) is 0 Å². The highest BCUT2D eigenvalue weighted by Crippen LogP contribution is 2.42. The summed E-state index contributed by atoms with van der Waals surface area (Å²) in [5, 5.41) is 0.561. The average Bonchev–Trinajstić information content (AvgIpc) is 2.50. The Kier molecular flexibility index (Phi) is 3.07. The molecule has 0 unspecified atom stereocenters. The second kappa shape index (κ2) is 4.28. The van der Waals surface area contributed by atoms with Crippen LogP contribution >= 0.6 is 11.6 Å². The van der Waals surface area contributed by atoms with Crippen molar-refractivity contribution in [2.45, 2.75) is 19.3 Å². The van der Waals surface area contributed by atoms with Crippen LogP contribution in [0.2, 0.25) is 5.02 Å². The third-order valence-electron chi connectivity index (χ3n) is 3.26. The van der Waals surface area contributed by atoms with E-state index in [9.17, 15) is 9.59 Å². The van der Waals surface area contributed by atoms with E-state index < -0.39 is 11.4 Å². The fourth-order valence-corrected chi connectivity index (χ4v) is 2.40. The van der Waals surface area contributed by atoms with Gasteiger partial charge in [-0.2, -0.15) is 0 Å². The fraction of sp³-hybridized carbons (Fsp3) is 0.385. The number of hydrogen-bond acceptors (Lipinski definition) is 3. The van der Waals surface area contributed by atoms with Gasteiger partial charge in [0.05, 0.1) is 0 Å². The summed E-state index contributed by atoms with van der Waals surface area (Å²) in [6, 6.07) is 5.29. The van der Waals surface area contributed by atoms with E-state index in [2.05, 4.69) is 0 Å². The largest absolute Gasteiger partial charge is 0.464 e. The minimum atomic E-state index is -0.860. The van der Waals surface area contributed by atoms with Crippen molar-refractivity contribution < 1.29 is 14.3 Å². The zero-order valence-corrected chi connectivity index (χ0v) is 11.2. The summed E-state index contributed by atoms with van der Waals surface area (Å²) in [7, 11) is 1.70. The van der Waals surface area contributed by atoms with E-state index in [0.717, 1.165) is 11.3 Å². The van der Waals surface area contributed by atoms with Crippen LogP contribution in [0.15, 0.2) is 18.2 Å². The highest BCUT2D eigenvalue weighted by Gasteiger charge is 2.47. The van der Waals surface area contributed by atoms with Crippen molar-refractivity contribution in [2.75, 3.05) is 18.6 Å². The number of ether oxygens (including phenoxy) is 1. The Morgan fingerprint density at radius 2 is 2.17 bits per heavy atom. The second-order valence-corrected chi connectivity index (χ2v) is 5.07. The lowest BCUT2D eigenvalue weighted by molar-refractivity contribution is -0.144. The second-order valence-electron chi connectivity index (χ2n) is 4.64. The van der Waals surface area contributed by atoms with Gasteiger partial charge in [-0.25, -0.2) is 0 Å². The van der Waals surface area contributed by atoms with Crippen LogP contribution in [0.5, 0.6) is 0 Å². The van der Waals surface area contributed by atoms with Crippen LogP contribution in [0.25, 0.3) is 0 Å². The Morgan fingerprint density at radius 3 is 2.78 bits per heavy atom. The van der Waals surface area contributed by atoms with Crippen LogP contribution in [-0.4, -0.2) is 25.5 Å². The molecule has 18 heavy (non-hydrogen) atoms. The Balaban J connectivity index is 2.46. The number of fused-ring (bicyclic) bond motifs is 1. The maximum Gasteiger partial charge on any atom is 0.302 e. The minimum absolute atomic E-state index is 0.0266. The molecular weight excluding hydrogens is 254 g/mol. The number of halogens is 1. The van der Waals surface area contributed by atoms with E-state index in [-0.39, 0.29) is 12.5 Å². The third-order valence-corrected chi connectivity index (χ3v) is 3.49. The summed E-state index contributed by atoms with van der Waals surface area (Å²) in [5.74, 6) is -0.497. The molecule has 2 rings (SSSR count). The Hall–Kier alpha value is -1.55. The van der Waals surface area contributed by atoms with Crippen molar-refractivity contribution in [3.8, 4) is 0 Å². The van der Waals surface area contributed by atoms with Crippen molar-refractivity contribution in [1.82, 2.24) is 0 Å². The fourth-order valence-electron chi connectivity index (χ4n) is 2.22. The molecule has 5 heteroatoms. The zero-order chi connectivity index (χ0) is 13.5. The van der Waals surface area contributed by atoms with Crippen LogP contribution in [0.1, 0.15) is 19.4 Å². The average molecular weight is 268 g/mol. The molecule has 1 atom stereocenters. The van der Waals surface area contributed by atoms with Crippen LogP contribution in [-0.2, 0) is 19.7 Å². The first-order valence-electron chi connectivity index (χ1n) is 5.58. The molecule has 0 saturated carbocycles. The van der Waals surface area contributed by atoms with Gasteiger partial charge in [-0.15, -0.1) is 0 Å². The molecule has 0 radical (unpaired) electrons. The van der Waals surface area contributed by atoms with Crippen molar-refractivity contribution in [3.05, 3.63) is 28.8 Å². The van der Waals surface area contributed by atoms with Gasteiger partial charge in [0.25, 0.3) is 0 Å². The summed E-state index contributed by atoms with van der Waals surface area (Å²) in [5.41, 5.74) is 0.739. The molecule has 1 aliphatic heterocycles. The SMILES string of the molecule is CC(=O)OC[C@]1(C)C(=O)N(C)c2ccc(Cl)cc21. The summed E-state index contributed by atoms with van der Waals surface area (Å²) < 4.78 is 5.01. The molecule has 0 spiro atoms. The first kappa shape index (κ1) is 12.9. The lowest BCUT2D eigenvalue weighted by atomic mass is 9.84. The molecule has 1 aromatic rings. The van der Waals surface area contributed by atoms with E-state index in [1.807, 2.05) is 0 Å². The first-order chi connectivity index (χ1) is 8.36. The molecule has 96 valence electrons. The summed E-state index contributed by atoms with van der Waals surface area (Å²) in [6.45, 7) is 3.11. The van der Waals surface area contributed by atoms with Gasteiger partial charge in [-0.1, -0.05) is 11.6 Å². The zero-order valence-electron chi connectivity index (χ0n) is 10.5. The highest BCUT2D eigenvalue weighted by molar-refractivity contribution is 6.31. The number of benzene rings is 1. The van der Waals surface area contributed by atoms with Crippen LogP contribution in [0.4, 0.5) is 5.69 Å². The predicted molar refractivity (Wildman–Crippen MR) is 68.8 cm³/mol. The third kappa shape index (κ3) is 1.86. The molecule has 1 aromatic carbocycles. The number of carbonyl (C=O) groups is 2. The van der Waals surface area contributed by atoms with E-state index in [1.165, 1.54) is 6.92 Å². The van der Waals surface area contributed by atoms with Gasteiger partial charge < -0.3 is 9.64 Å². The lowest BCUT2D eigenvalue weighted by Gasteiger charge is -2.22. The monoisotopic (exact) mass is 267 g/mol. The molecule has 0 N–H and O–H groups in total. The first-order valence-corrected chi connectivity index (χ1v) is 5.95. The minimum Gasteiger partial charge on any atom is -0.464 e. The quantitative estimate of drug-likeness (QED) is 0.772. The number of esters is 1. The van der Waals surface area contributed by atoms with Crippen LogP contribution in [0, 0.1) is 0 Å². The van der Waals surface area contributed by atoms with Gasteiger partial charge in [0.1, 0.15) is 12.0 Å². The van der Waals surface area contributed by atoms with Gasteiger partial charge in [0.2, 0.25) is 5.91 Å². The van der Waals surface area contributed by atoms with Crippen molar-refractivity contribution >= 4 is 29.2 Å². The number of nitrogens with zero attached hydrogens (tertiary/aromatic N) is 1. The van der Waals surface area contributed by atoms with Gasteiger partial charge in [-0.05, 0) is 30.7 Å². The molecule has 0 fully saturated rings. The van der Waals surface area contributed by atoms with E-state index in [0.29, 0.717) is 5.02 Å². The van der Waals surface area contributed by atoms with E-state index in [1.54, 1.807) is 37.1 Å². The lowest BCUT2D eigenvalue weighted by Crippen LogP contribution is -2.40.